The molecule has 2 aliphatic rings. The zero-order valence-electron chi connectivity index (χ0n) is 14.9. The van der Waals surface area contributed by atoms with Crippen LogP contribution in [0.1, 0.15) is 31.7 Å². The number of nitriles is 1. The minimum Gasteiger partial charge on any atom is -0.370 e. The molecule has 2 fully saturated rings. The first-order valence-corrected chi connectivity index (χ1v) is 9.20. The first-order valence-electron chi connectivity index (χ1n) is 9.20. The van der Waals surface area contributed by atoms with E-state index in [4.69, 9.17) is 0 Å². The van der Waals surface area contributed by atoms with Crippen molar-refractivity contribution in [2.75, 3.05) is 23.3 Å². The molecule has 1 aliphatic carbocycles. The van der Waals surface area contributed by atoms with Crippen LogP contribution in [0.3, 0.4) is 0 Å². The predicted molar refractivity (Wildman–Crippen MR) is 102 cm³/mol. The fraction of sp³-hybridized carbons (Fsp3) is 0.381. The number of hydrogen-bond donors (Lipinski definition) is 1. The fourth-order valence-corrected chi connectivity index (χ4v) is 3.49. The van der Waals surface area contributed by atoms with Crippen molar-refractivity contribution in [3.63, 3.8) is 0 Å². The Morgan fingerprint density at radius 3 is 2.73 bits per heavy atom. The number of pyridine rings is 1. The van der Waals surface area contributed by atoms with Crippen LogP contribution in [-0.2, 0) is 4.79 Å². The Morgan fingerprint density at radius 2 is 2.04 bits per heavy atom. The second-order valence-corrected chi connectivity index (χ2v) is 7.38. The van der Waals surface area contributed by atoms with E-state index in [1.807, 2.05) is 30.3 Å². The highest BCUT2D eigenvalue weighted by Gasteiger charge is 2.29. The van der Waals surface area contributed by atoms with Crippen molar-refractivity contribution in [2.24, 2.45) is 11.8 Å². The molecule has 0 spiro atoms. The number of carbonyl (C=O) groups excluding carboxylic acids is 1. The molecule has 132 valence electrons. The number of anilines is 2. The fourth-order valence-electron chi connectivity index (χ4n) is 3.49. The Kier molecular flexibility index (Phi) is 4.34. The Morgan fingerprint density at radius 1 is 1.23 bits per heavy atom. The molecule has 1 atom stereocenters. The van der Waals surface area contributed by atoms with Crippen molar-refractivity contribution >= 4 is 17.4 Å². The minimum atomic E-state index is 0.0471. The van der Waals surface area contributed by atoms with Crippen molar-refractivity contribution in [3.05, 3.63) is 42.1 Å². The number of nitrogens with one attached hydrogen (secondary N) is 1. The van der Waals surface area contributed by atoms with E-state index in [-0.39, 0.29) is 11.8 Å². The van der Waals surface area contributed by atoms with Gasteiger partial charge in [-0.05, 0) is 60.6 Å². The van der Waals surface area contributed by atoms with E-state index in [0.717, 1.165) is 42.7 Å². The average Bonchev–Trinajstić information content (AvgIpc) is 3.43. The summed E-state index contributed by atoms with van der Waals surface area (Å²) in [4.78, 5) is 18.5. The second kappa shape index (κ2) is 6.80. The molecule has 0 radical (unpaired) electrons. The molecule has 1 saturated heterocycles. The molecule has 26 heavy (non-hydrogen) atoms. The van der Waals surface area contributed by atoms with Crippen LogP contribution >= 0.6 is 0 Å². The quantitative estimate of drug-likeness (QED) is 0.914. The Labute approximate surface area is 153 Å². The highest BCUT2D eigenvalue weighted by Crippen LogP contribution is 2.32. The Bertz CT molecular complexity index is 882. The normalized spacial score (nSPS) is 19.2. The van der Waals surface area contributed by atoms with Crippen LogP contribution in [0.2, 0.25) is 0 Å². The highest BCUT2D eigenvalue weighted by molar-refractivity contribution is 5.93. The van der Waals surface area contributed by atoms with Crippen LogP contribution in [0.4, 0.5) is 11.5 Å². The van der Waals surface area contributed by atoms with E-state index in [9.17, 15) is 10.1 Å². The first kappa shape index (κ1) is 16.6. The van der Waals surface area contributed by atoms with E-state index in [0.29, 0.717) is 17.3 Å². The smallest absolute Gasteiger partial charge is 0.228 e. The van der Waals surface area contributed by atoms with Crippen LogP contribution in [0, 0.1) is 23.2 Å². The van der Waals surface area contributed by atoms with Gasteiger partial charge in [-0.2, -0.15) is 5.26 Å². The lowest BCUT2D eigenvalue weighted by molar-refractivity contribution is -0.117. The summed E-state index contributed by atoms with van der Waals surface area (Å²) < 4.78 is 0. The second-order valence-electron chi connectivity index (χ2n) is 7.38. The maximum Gasteiger partial charge on any atom is 0.228 e. The monoisotopic (exact) mass is 346 g/mol. The topological polar surface area (TPSA) is 69.0 Å². The molecule has 1 aromatic carbocycles. The molecule has 0 unspecified atom stereocenters. The molecule has 5 nitrogen and oxygen atoms in total. The molecule has 2 heterocycles. The SMILES string of the molecule is C[C@@H]1CCN(c2ccc(-c3ccnc(NC(=O)C4CC4)c3)cc2C#N)C1. The van der Waals surface area contributed by atoms with E-state index < -0.39 is 0 Å². The van der Waals surface area contributed by atoms with Crippen molar-refractivity contribution in [2.45, 2.75) is 26.2 Å². The molecular formula is C21H22N4O. The van der Waals surface area contributed by atoms with Gasteiger partial charge in [-0.25, -0.2) is 4.98 Å². The third-order valence-electron chi connectivity index (χ3n) is 5.17. The van der Waals surface area contributed by atoms with E-state index >= 15 is 0 Å². The molecule has 1 aliphatic heterocycles. The average molecular weight is 346 g/mol. The zero-order chi connectivity index (χ0) is 18.1. The Hall–Kier alpha value is -2.87. The van der Waals surface area contributed by atoms with Gasteiger partial charge in [0.1, 0.15) is 11.9 Å². The minimum absolute atomic E-state index is 0.0471. The van der Waals surface area contributed by atoms with Crippen molar-refractivity contribution in [3.8, 4) is 17.2 Å². The lowest BCUT2D eigenvalue weighted by Crippen LogP contribution is -2.20. The molecule has 1 N–H and O–H groups in total. The molecular weight excluding hydrogens is 324 g/mol. The van der Waals surface area contributed by atoms with Gasteiger partial charge in [0.25, 0.3) is 0 Å². The molecule has 4 rings (SSSR count). The number of amides is 1. The van der Waals surface area contributed by atoms with Gasteiger partial charge in [-0.3, -0.25) is 4.79 Å². The lowest BCUT2D eigenvalue weighted by atomic mass is 10.0. The van der Waals surface area contributed by atoms with Gasteiger partial charge in [0.15, 0.2) is 0 Å². The van der Waals surface area contributed by atoms with Crippen molar-refractivity contribution in [1.29, 1.82) is 5.26 Å². The summed E-state index contributed by atoms with van der Waals surface area (Å²) >= 11 is 0. The zero-order valence-corrected chi connectivity index (χ0v) is 14.9. The summed E-state index contributed by atoms with van der Waals surface area (Å²) in [6.07, 6.45) is 4.79. The van der Waals surface area contributed by atoms with Gasteiger partial charge < -0.3 is 10.2 Å². The third-order valence-corrected chi connectivity index (χ3v) is 5.17. The number of carbonyl (C=O) groups is 1. The molecule has 1 amide bonds. The Balaban J connectivity index is 1.59. The van der Waals surface area contributed by atoms with E-state index in [1.165, 1.54) is 6.42 Å². The van der Waals surface area contributed by atoms with Crippen molar-refractivity contribution < 1.29 is 4.79 Å². The van der Waals surface area contributed by atoms with Crippen LogP contribution in [0.5, 0.6) is 0 Å². The van der Waals surface area contributed by atoms with Crippen LogP contribution in [0.25, 0.3) is 11.1 Å². The van der Waals surface area contributed by atoms with Crippen LogP contribution in [0.15, 0.2) is 36.5 Å². The maximum atomic E-state index is 11.9. The standard InChI is InChI=1S/C21H22N4O/c1-14-7-9-25(13-14)19-5-4-16(10-18(19)12-22)17-6-8-23-20(11-17)24-21(26)15-2-3-15/h4-6,8,10-11,14-15H,2-3,7,9,13H2,1H3,(H,23,24,26)/t14-/m1/s1. The molecule has 5 heteroatoms. The predicted octanol–water partition coefficient (Wildman–Crippen LogP) is 3.81. The van der Waals surface area contributed by atoms with Gasteiger partial charge in [-0.15, -0.1) is 0 Å². The summed E-state index contributed by atoms with van der Waals surface area (Å²) in [6.45, 7) is 4.25. The van der Waals surface area contributed by atoms with Gasteiger partial charge in [0.2, 0.25) is 5.91 Å². The van der Waals surface area contributed by atoms with Gasteiger partial charge >= 0.3 is 0 Å². The number of rotatable bonds is 4. The number of benzene rings is 1. The highest BCUT2D eigenvalue weighted by atomic mass is 16.2. The summed E-state index contributed by atoms with van der Waals surface area (Å²) in [5.41, 5.74) is 3.61. The van der Waals surface area contributed by atoms with E-state index in [2.05, 4.69) is 28.2 Å². The summed E-state index contributed by atoms with van der Waals surface area (Å²) in [6, 6.07) is 12.1. The van der Waals surface area contributed by atoms with Gasteiger partial charge in [0.05, 0.1) is 11.3 Å². The van der Waals surface area contributed by atoms with Crippen molar-refractivity contribution in [1.82, 2.24) is 4.98 Å². The largest absolute Gasteiger partial charge is 0.370 e. The lowest BCUT2D eigenvalue weighted by Gasteiger charge is -2.20. The van der Waals surface area contributed by atoms with Gasteiger partial charge in [0, 0.05) is 25.2 Å². The van der Waals surface area contributed by atoms with Crippen LogP contribution < -0.4 is 10.2 Å². The molecule has 1 aromatic heterocycles. The third kappa shape index (κ3) is 3.41. The summed E-state index contributed by atoms with van der Waals surface area (Å²) in [7, 11) is 0. The summed E-state index contributed by atoms with van der Waals surface area (Å²) in [5.74, 6) is 1.42. The number of nitrogens with zero attached hydrogens (tertiary/aromatic N) is 3. The molecule has 0 bridgehead atoms. The van der Waals surface area contributed by atoms with E-state index in [1.54, 1.807) is 6.20 Å². The maximum absolute atomic E-state index is 11.9. The molecule has 2 aromatic rings. The van der Waals surface area contributed by atoms with Gasteiger partial charge in [-0.1, -0.05) is 13.0 Å². The van der Waals surface area contributed by atoms with Crippen LogP contribution in [-0.4, -0.2) is 24.0 Å². The first-order chi connectivity index (χ1) is 12.6. The number of aromatic nitrogens is 1. The number of hydrogen-bond acceptors (Lipinski definition) is 4. The molecule has 1 saturated carbocycles. The summed E-state index contributed by atoms with van der Waals surface area (Å²) in [5, 5.41) is 12.5.